The van der Waals surface area contributed by atoms with Gasteiger partial charge in [0, 0.05) is 11.3 Å². The zero-order valence-corrected chi connectivity index (χ0v) is 16.7. The number of benzene rings is 2. The first-order chi connectivity index (χ1) is 13.9. The number of hydrazine groups is 1. The van der Waals surface area contributed by atoms with Crippen LogP contribution >= 0.6 is 0 Å². The maximum Gasteiger partial charge on any atom is 0.271 e. The lowest BCUT2D eigenvalue weighted by molar-refractivity contribution is -0.120. The molecular weight excluding hydrogens is 364 g/mol. The summed E-state index contributed by atoms with van der Waals surface area (Å²) >= 11 is 0. The van der Waals surface area contributed by atoms with Gasteiger partial charge in [-0.15, -0.1) is 0 Å². The van der Waals surface area contributed by atoms with Crippen LogP contribution in [0.2, 0.25) is 0 Å². The molecule has 0 saturated carbocycles. The summed E-state index contributed by atoms with van der Waals surface area (Å²) in [6, 6.07) is 19.2. The van der Waals surface area contributed by atoms with E-state index in [4.69, 9.17) is 0 Å². The normalized spacial score (nSPS) is 10.3. The van der Waals surface area contributed by atoms with Crippen molar-refractivity contribution in [3.63, 3.8) is 0 Å². The van der Waals surface area contributed by atoms with E-state index in [1.165, 1.54) is 0 Å². The Hall–Kier alpha value is -3.67. The minimum Gasteiger partial charge on any atom is -0.376 e. The standard InChI is InChI=1S/C23H24N4O2/c1-15-9-11-20(16(2)13-15)24-14-22(28)26-27-23(29)19-10-12-21(25-17(19)3)18-7-5-4-6-8-18/h4-13,24H,14H2,1-3H3,(H,26,28)(H,27,29). The molecule has 3 aromatic rings. The summed E-state index contributed by atoms with van der Waals surface area (Å²) in [5.41, 5.74) is 10.7. The molecule has 0 spiro atoms. The van der Waals surface area contributed by atoms with Crippen LogP contribution in [-0.4, -0.2) is 23.3 Å². The first kappa shape index (κ1) is 20.1. The number of aryl methyl sites for hydroxylation is 3. The lowest BCUT2D eigenvalue weighted by Crippen LogP contribution is -2.44. The van der Waals surface area contributed by atoms with E-state index in [1.54, 1.807) is 19.1 Å². The van der Waals surface area contributed by atoms with Crippen molar-refractivity contribution in [2.45, 2.75) is 20.8 Å². The summed E-state index contributed by atoms with van der Waals surface area (Å²) in [6.07, 6.45) is 0. The smallest absolute Gasteiger partial charge is 0.271 e. The molecule has 3 N–H and O–H groups in total. The molecule has 0 aliphatic carbocycles. The molecule has 0 aliphatic heterocycles. The molecule has 29 heavy (non-hydrogen) atoms. The first-order valence-electron chi connectivity index (χ1n) is 9.37. The van der Waals surface area contributed by atoms with Crippen molar-refractivity contribution >= 4 is 17.5 Å². The third-order valence-corrected chi connectivity index (χ3v) is 4.54. The van der Waals surface area contributed by atoms with E-state index >= 15 is 0 Å². The number of aromatic nitrogens is 1. The molecule has 3 rings (SSSR count). The highest BCUT2D eigenvalue weighted by molar-refractivity contribution is 5.96. The monoisotopic (exact) mass is 388 g/mol. The number of anilines is 1. The Balaban J connectivity index is 1.55. The number of amides is 2. The molecule has 6 heteroatoms. The van der Waals surface area contributed by atoms with Gasteiger partial charge in [0.25, 0.3) is 11.8 Å². The van der Waals surface area contributed by atoms with Crippen molar-refractivity contribution in [2.75, 3.05) is 11.9 Å². The molecule has 1 aromatic heterocycles. The Bertz CT molecular complexity index is 1030. The topological polar surface area (TPSA) is 83.1 Å². The molecular formula is C23H24N4O2. The number of hydrogen-bond acceptors (Lipinski definition) is 4. The van der Waals surface area contributed by atoms with Gasteiger partial charge in [-0.3, -0.25) is 25.4 Å². The first-order valence-corrected chi connectivity index (χ1v) is 9.37. The summed E-state index contributed by atoms with van der Waals surface area (Å²) in [4.78, 5) is 28.9. The minimum absolute atomic E-state index is 0.0500. The highest BCUT2D eigenvalue weighted by Gasteiger charge is 2.12. The van der Waals surface area contributed by atoms with Crippen molar-refractivity contribution in [2.24, 2.45) is 0 Å². The van der Waals surface area contributed by atoms with Crippen LogP contribution < -0.4 is 16.2 Å². The fourth-order valence-corrected chi connectivity index (χ4v) is 3.00. The second-order valence-corrected chi connectivity index (χ2v) is 6.87. The summed E-state index contributed by atoms with van der Waals surface area (Å²) in [5.74, 6) is -0.751. The summed E-state index contributed by atoms with van der Waals surface area (Å²) in [6.45, 7) is 5.81. The molecule has 1 heterocycles. The fraction of sp³-hybridized carbons (Fsp3) is 0.174. The summed E-state index contributed by atoms with van der Waals surface area (Å²) in [7, 11) is 0. The van der Waals surface area contributed by atoms with Crippen LogP contribution in [0.5, 0.6) is 0 Å². The van der Waals surface area contributed by atoms with Crippen molar-refractivity contribution < 1.29 is 9.59 Å². The van der Waals surface area contributed by atoms with Crippen LogP contribution in [0.3, 0.4) is 0 Å². The van der Waals surface area contributed by atoms with Crippen LogP contribution in [0.4, 0.5) is 5.69 Å². The highest BCUT2D eigenvalue weighted by Crippen LogP contribution is 2.18. The zero-order valence-electron chi connectivity index (χ0n) is 16.7. The van der Waals surface area contributed by atoms with Crippen LogP contribution in [0, 0.1) is 20.8 Å². The molecule has 0 saturated heterocycles. The Morgan fingerprint density at radius 1 is 0.897 bits per heavy atom. The van der Waals surface area contributed by atoms with Crippen LogP contribution in [0.15, 0.2) is 60.7 Å². The second kappa shape index (κ2) is 9.01. The number of nitrogens with one attached hydrogen (secondary N) is 3. The number of nitrogens with zero attached hydrogens (tertiary/aromatic N) is 1. The van der Waals surface area contributed by atoms with Gasteiger partial charge in [0.15, 0.2) is 0 Å². The van der Waals surface area contributed by atoms with Gasteiger partial charge in [0.05, 0.1) is 23.5 Å². The summed E-state index contributed by atoms with van der Waals surface area (Å²) in [5, 5.41) is 3.06. The summed E-state index contributed by atoms with van der Waals surface area (Å²) < 4.78 is 0. The van der Waals surface area contributed by atoms with Crippen LogP contribution in [0.1, 0.15) is 27.2 Å². The average molecular weight is 388 g/mol. The molecule has 0 unspecified atom stereocenters. The van der Waals surface area contributed by atoms with E-state index in [1.807, 2.05) is 62.4 Å². The molecule has 148 valence electrons. The maximum absolute atomic E-state index is 12.4. The lowest BCUT2D eigenvalue weighted by atomic mass is 10.1. The number of pyridine rings is 1. The van der Waals surface area contributed by atoms with Gasteiger partial charge in [-0.1, -0.05) is 48.0 Å². The van der Waals surface area contributed by atoms with E-state index in [0.29, 0.717) is 11.3 Å². The molecule has 0 radical (unpaired) electrons. The van der Waals surface area contributed by atoms with Crippen LogP contribution in [-0.2, 0) is 4.79 Å². The Labute approximate surface area is 170 Å². The average Bonchev–Trinajstić information content (AvgIpc) is 2.72. The number of rotatable bonds is 5. The largest absolute Gasteiger partial charge is 0.376 e. The van der Waals surface area contributed by atoms with E-state index in [0.717, 1.165) is 28.1 Å². The van der Waals surface area contributed by atoms with Crippen molar-refractivity contribution in [3.8, 4) is 11.3 Å². The molecule has 6 nitrogen and oxygen atoms in total. The van der Waals surface area contributed by atoms with Gasteiger partial charge in [-0.05, 0) is 44.5 Å². The fourth-order valence-electron chi connectivity index (χ4n) is 3.00. The predicted octanol–water partition coefficient (Wildman–Crippen LogP) is 3.55. The van der Waals surface area contributed by atoms with E-state index in [2.05, 4.69) is 21.2 Å². The predicted molar refractivity (Wildman–Crippen MR) is 114 cm³/mol. The van der Waals surface area contributed by atoms with Gasteiger partial charge >= 0.3 is 0 Å². The lowest BCUT2D eigenvalue weighted by Gasteiger charge is -2.12. The Kier molecular flexibility index (Phi) is 6.24. The zero-order chi connectivity index (χ0) is 20.8. The SMILES string of the molecule is Cc1ccc(NCC(=O)NNC(=O)c2ccc(-c3ccccc3)nc2C)c(C)c1. The molecule has 0 aliphatic rings. The number of carbonyl (C=O) groups is 2. The Morgan fingerprint density at radius 2 is 1.66 bits per heavy atom. The van der Waals surface area contributed by atoms with Crippen LogP contribution in [0.25, 0.3) is 11.3 Å². The molecule has 2 amide bonds. The molecule has 2 aromatic carbocycles. The van der Waals surface area contributed by atoms with Gasteiger partial charge in [0.1, 0.15) is 0 Å². The maximum atomic E-state index is 12.4. The van der Waals surface area contributed by atoms with Gasteiger partial charge in [-0.25, -0.2) is 0 Å². The van der Waals surface area contributed by atoms with E-state index in [9.17, 15) is 9.59 Å². The van der Waals surface area contributed by atoms with E-state index < -0.39 is 5.91 Å². The molecule has 0 fully saturated rings. The number of carbonyl (C=O) groups excluding carboxylic acids is 2. The third-order valence-electron chi connectivity index (χ3n) is 4.54. The third kappa shape index (κ3) is 5.19. The highest BCUT2D eigenvalue weighted by atomic mass is 16.2. The van der Waals surface area contributed by atoms with Gasteiger partial charge in [-0.2, -0.15) is 0 Å². The number of hydrogen-bond donors (Lipinski definition) is 3. The second-order valence-electron chi connectivity index (χ2n) is 6.87. The Morgan fingerprint density at radius 3 is 2.34 bits per heavy atom. The van der Waals surface area contributed by atoms with Gasteiger partial charge in [0.2, 0.25) is 0 Å². The van der Waals surface area contributed by atoms with Gasteiger partial charge < -0.3 is 5.32 Å². The van der Waals surface area contributed by atoms with Crippen molar-refractivity contribution in [3.05, 3.63) is 83.0 Å². The quantitative estimate of drug-likeness (QED) is 0.584. The molecule has 0 bridgehead atoms. The minimum atomic E-state index is -0.408. The van der Waals surface area contributed by atoms with E-state index in [-0.39, 0.29) is 12.5 Å². The molecule has 0 atom stereocenters. The van der Waals surface area contributed by atoms with Crippen molar-refractivity contribution in [1.29, 1.82) is 0 Å². The van der Waals surface area contributed by atoms with Crippen molar-refractivity contribution in [1.82, 2.24) is 15.8 Å².